The molecule has 3 rings (SSSR count). The maximum atomic E-state index is 12.2. The number of allylic oxidation sites excluding steroid dienone is 1. The Morgan fingerprint density at radius 3 is 2.69 bits per heavy atom. The molecule has 1 aliphatic rings. The van der Waals surface area contributed by atoms with Gasteiger partial charge in [-0.25, -0.2) is 0 Å². The van der Waals surface area contributed by atoms with E-state index < -0.39 is 17.6 Å². The highest BCUT2D eigenvalue weighted by atomic mass is 16.7. The van der Waals surface area contributed by atoms with Crippen molar-refractivity contribution in [2.75, 3.05) is 6.79 Å². The Labute approximate surface area is 150 Å². The zero-order valence-electron chi connectivity index (χ0n) is 13.8. The van der Waals surface area contributed by atoms with Crippen molar-refractivity contribution < 1.29 is 19.1 Å². The number of hydrogen-bond acceptors (Lipinski definition) is 5. The van der Waals surface area contributed by atoms with E-state index in [1.807, 2.05) is 30.3 Å². The number of hydrogen-bond donors (Lipinski definition) is 1. The molecule has 0 spiro atoms. The van der Waals surface area contributed by atoms with Crippen LogP contribution in [-0.2, 0) is 16.1 Å². The van der Waals surface area contributed by atoms with E-state index in [9.17, 15) is 14.9 Å². The summed E-state index contributed by atoms with van der Waals surface area (Å²) < 4.78 is 10.5. The second kappa shape index (κ2) is 7.99. The maximum absolute atomic E-state index is 12.2. The minimum Gasteiger partial charge on any atom is -0.454 e. The summed E-state index contributed by atoms with van der Waals surface area (Å²) in [6, 6.07) is 16.2. The molecule has 0 saturated carbocycles. The second-order valence-electron chi connectivity index (χ2n) is 5.61. The number of ketones is 1. The van der Waals surface area contributed by atoms with Crippen LogP contribution in [0.15, 0.2) is 54.6 Å². The number of nitrogens with zero attached hydrogens (tertiary/aromatic N) is 1. The largest absolute Gasteiger partial charge is 0.454 e. The lowest BCUT2D eigenvalue weighted by Crippen LogP contribution is -2.33. The van der Waals surface area contributed by atoms with Gasteiger partial charge in [-0.2, -0.15) is 5.26 Å². The van der Waals surface area contributed by atoms with Crippen molar-refractivity contribution >= 4 is 17.8 Å². The number of fused-ring (bicyclic) bond motifs is 1. The molecule has 1 amide bonds. The van der Waals surface area contributed by atoms with Crippen LogP contribution in [0.3, 0.4) is 0 Å². The summed E-state index contributed by atoms with van der Waals surface area (Å²) in [5.41, 5.74) is 1.60. The molecule has 6 nitrogen and oxygen atoms in total. The van der Waals surface area contributed by atoms with Crippen LogP contribution in [-0.4, -0.2) is 18.5 Å². The second-order valence-corrected chi connectivity index (χ2v) is 5.61. The normalized spacial score (nSPS) is 13.2. The smallest absolute Gasteiger partial charge is 0.245 e. The Kier molecular flexibility index (Phi) is 5.30. The molecule has 1 N–H and O–H groups in total. The molecule has 0 fully saturated rings. The third kappa shape index (κ3) is 4.08. The summed E-state index contributed by atoms with van der Waals surface area (Å²) in [4.78, 5) is 24.3. The monoisotopic (exact) mass is 348 g/mol. The highest BCUT2D eigenvalue weighted by molar-refractivity contribution is 6.10. The van der Waals surface area contributed by atoms with Crippen molar-refractivity contribution in [3.63, 3.8) is 0 Å². The van der Waals surface area contributed by atoms with E-state index in [1.165, 1.54) is 6.08 Å². The summed E-state index contributed by atoms with van der Waals surface area (Å²) in [6.07, 6.45) is 2.77. The number of carbonyl (C=O) groups is 2. The number of nitrogens with one attached hydrogen (secondary N) is 1. The van der Waals surface area contributed by atoms with Gasteiger partial charge in [0.2, 0.25) is 12.7 Å². The SMILES string of the molecule is N#C[C@H](C(=O)/C=C\c1ccc2c(c1)OCO2)C(=O)NCc1ccccc1. The van der Waals surface area contributed by atoms with Gasteiger partial charge in [0.1, 0.15) is 0 Å². The fourth-order valence-corrected chi connectivity index (χ4v) is 2.43. The van der Waals surface area contributed by atoms with Crippen LogP contribution in [0.5, 0.6) is 11.5 Å². The Morgan fingerprint density at radius 1 is 1.15 bits per heavy atom. The number of carbonyl (C=O) groups excluding carboxylic acids is 2. The van der Waals surface area contributed by atoms with Gasteiger partial charge in [0, 0.05) is 6.54 Å². The van der Waals surface area contributed by atoms with Crippen LogP contribution >= 0.6 is 0 Å². The average molecular weight is 348 g/mol. The molecule has 0 bridgehead atoms. The molecule has 26 heavy (non-hydrogen) atoms. The van der Waals surface area contributed by atoms with Crippen LogP contribution in [0.4, 0.5) is 0 Å². The first-order valence-corrected chi connectivity index (χ1v) is 8.00. The summed E-state index contributed by atoms with van der Waals surface area (Å²) >= 11 is 0. The predicted molar refractivity (Wildman–Crippen MR) is 94.0 cm³/mol. The molecule has 0 saturated heterocycles. The lowest BCUT2D eigenvalue weighted by molar-refractivity contribution is -0.129. The summed E-state index contributed by atoms with van der Waals surface area (Å²) in [6.45, 7) is 0.427. The quantitative estimate of drug-likeness (QED) is 0.640. The van der Waals surface area contributed by atoms with E-state index in [-0.39, 0.29) is 13.3 Å². The average Bonchev–Trinajstić information content (AvgIpc) is 3.14. The van der Waals surface area contributed by atoms with Crippen LogP contribution in [0, 0.1) is 17.2 Å². The van der Waals surface area contributed by atoms with Crippen molar-refractivity contribution in [3.8, 4) is 17.6 Å². The highest BCUT2D eigenvalue weighted by Gasteiger charge is 2.24. The van der Waals surface area contributed by atoms with E-state index in [4.69, 9.17) is 9.47 Å². The number of ether oxygens (including phenoxy) is 2. The first-order chi connectivity index (χ1) is 12.7. The number of nitriles is 1. The van der Waals surface area contributed by atoms with Gasteiger partial charge in [-0.05, 0) is 29.3 Å². The van der Waals surface area contributed by atoms with Gasteiger partial charge in [0.05, 0.1) is 6.07 Å². The molecule has 2 aromatic rings. The fraction of sp³-hybridized carbons (Fsp3) is 0.150. The topological polar surface area (TPSA) is 88.4 Å². The summed E-state index contributed by atoms with van der Waals surface area (Å²) in [5, 5.41) is 11.8. The van der Waals surface area contributed by atoms with Gasteiger partial charge < -0.3 is 14.8 Å². The molecule has 1 heterocycles. The lowest BCUT2D eigenvalue weighted by atomic mass is 10.0. The molecule has 1 aliphatic heterocycles. The summed E-state index contributed by atoms with van der Waals surface area (Å²) in [7, 11) is 0. The van der Waals surface area contributed by atoms with E-state index in [2.05, 4.69) is 5.32 Å². The molecular formula is C20H16N2O4. The molecule has 0 radical (unpaired) electrons. The molecule has 2 aromatic carbocycles. The van der Waals surface area contributed by atoms with Gasteiger partial charge in [0.25, 0.3) is 0 Å². The van der Waals surface area contributed by atoms with Crippen molar-refractivity contribution in [1.82, 2.24) is 5.32 Å². The molecule has 0 aromatic heterocycles. The van der Waals surface area contributed by atoms with Crippen molar-refractivity contribution in [2.24, 2.45) is 5.92 Å². The van der Waals surface area contributed by atoms with Gasteiger partial charge >= 0.3 is 0 Å². The number of amides is 1. The third-order valence-corrected chi connectivity index (χ3v) is 3.82. The Balaban J connectivity index is 1.61. The van der Waals surface area contributed by atoms with Crippen LogP contribution in [0.2, 0.25) is 0 Å². The fourth-order valence-electron chi connectivity index (χ4n) is 2.43. The predicted octanol–water partition coefficient (Wildman–Crippen LogP) is 2.45. The standard InChI is InChI=1S/C20H16N2O4/c21-11-16(20(24)22-12-15-4-2-1-3-5-15)17(23)8-6-14-7-9-18-19(10-14)26-13-25-18/h1-10,16H,12-13H2,(H,22,24)/b8-6-/t16-/m1/s1. The van der Waals surface area contributed by atoms with Gasteiger partial charge in [0.15, 0.2) is 23.2 Å². The van der Waals surface area contributed by atoms with Crippen molar-refractivity contribution in [2.45, 2.75) is 6.54 Å². The minimum atomic E-state index is -1.39. The zero-order valence-corrected chi connectivity index (χ0v) is 13.8. The molecular weight excluding hydrogens is 332 g/mol. The first kappa shape index (κ1) is 17.2. The Bertz CT molecular complexity index is 884. The van der Waals surface area contributed by atoms with E-state index in [0.29, 0.717) is 17.1 Å². The van der Waals surface area contributed by atoms with Gasteiger partial charge in [-0.15, -0.1) is 0 Å². The molecule has 130 valence electrons. The molecule has 1 atom stereocenters. The molecule has 0 unspecified atom stereocenters. The Hall–Kier alpha value is -3.59. The Morgan fingerprint density at radius 2 is 1.92 bits per heavy atom. The molecule has 0 aliphatic carbocycles. The van der Waals surface area contributed by atoms with Crippen LogP contribution in [0.1, 0.15) is 11.1 Å². The van der Waals surface area contributed by atoms with E-state index in [1.54, 1.807) is 30.3 Å². The number of benzene rings is 2. The lowest BCUT2D eigenvalue weighted by Gasteiger charge is -2.08. The van der Waals surface area contributed by atoms with Crippen molar-refractivity contribution in [3.05, 3.63) is 65.7 Å². The minimum absolute atomic E-state index is 0.166. The third-order valence-electron chi connectivity index (χ3n) is 3.82. The molecule has 6 heteroatoms. The van der Waals surface area contributed by atoms with Crippen molar-refractivity contribution in [1.29, 1.82) is 5.26 Å². The van der Waals surface area contributed by atoms with E-state index >= 15 is 0 Å². The first-order valence-electron chi connectivity index (χ1n) is 8.00. The maximum Gasteiger partial charge on any atom is 0.245 e. The van der Waals surface area contributed by atoms with E-state index in [0.717, 1.165) is 5.56 Å². The summed E-state index contributed by atoms with van der Waals surface area (Å²) in [5.74, 6) is -1.34. The number of rotatable bonds is 6. The zero-order chi connectivity index (χ0) is 18.4. The van der Waals surface area contributed by atoms with Gasteiger partial charge in [-0.1, -0.05) is 42.5 Å². The van der Waals surface area contributed by atoms with Gasteiger partial charge in [-0.3, -0.25) is 9.59 Å². The van der Waals surface area contributed by atoms with Crippen LogP contribution in [0.25, 0.3) is 6.08 Å². The highest BCUT2D eigenvalue weighted by Crippen LogP contribution is 2.32. The van der Waals surface area contributed by atoms with Crippen LogP contribution < -0.4 is 14.8 Å².